The molecule has 0 aliphatic carbocycles. The molecule has 3 heterocycles. The van der Waals surface area contributed by atoms with Crippen molar-refractivity contribution in [1.29, 1.82) is 0 Å². The van der Waals surface area contributed by atoms with Crippen molar-refractivity contribution in [3.8, 4) is 0 Å². The van der Waals surface area contributed by atoms with Crippen molar-refractivity contribution in [2.24, 2.45) is 10.4 Å². The van der Waals surface area contributed by atoms with E-state index in [1.807, 2.05) is 12.1 Å². The predicted molar refractivity (Wildman–Crippen MR) is 98.9 cm³/mol. The lowest BCUT2D eigenvalue weighted by molar-refractivity contribution is -0.0371. The normalized spacial score (nSPS) is 26.6. The summed E-state index contributed by atoms with van der Waals surface area (Å²) in [6, 6.07) is 3.69. The van der Waals surface area contributed by atoms with Crippen LogP contribution in [-0.4, -0.2) is 55.9 Å². The summed E-state index contributed by atoms with van der Waals surface area (Å²) < 4.78 is 6.44. The number of likely N-dealkylation sites (tertiary alicyclic amines) is 1. The summed E-state index contributed by atoms with van der Waals surface area (Å²) >= 11 is 7.36. The summed E-state index contributed by atoms with van der Waals surface area (Å²) in [4.78, 5) is 7.60. The minimum Gasteiger partial charge on any atom is -0.386 e. The molecule has 134 valence electrons. The van der Waals surface area contributed by atoms with Crippen LogP contribution < -0.4 is 5.32 Å². The Morgan fingerprint density at radius 3 is 3.00 bits per heavy atom. The van der Waals surface area contributed by atoms with Crippen molar-refractivity contribution in [1.82, 2.24) is 10.2 Å². The molecule has 0 amide bonds. The third-order valence-electron chi connectivity index (χ3n) is 4.95. The summed E-state index contributed by atoms with van der Waals surface area (Å²) in [6.45, 7) is 4.17. The van der Waals surface area contributed by atoms with Crippen LogP contribution in [0.3, 0.4) is 0 Å². The van der Waals surface area contributed by atoms with Crippen molar-refractivity contribution in [3.63, 3.8) is 0 Å². The van der Waals surface area contributed by atoms with E-state index < -0.39 is 6.10 Å². The number of rotatable bonds is 3. The van der Waals surface area contributed by atoms with Crippen molar-refractivity contribution in [2.45, 2.75) is 31.8 Å². The topological polar surface area (TPSA) is 57.1 Å². The molecule has 2 saturated heterocycles. The molecule has 2 N–H and O–H groups in total. The molecular formula is C17H26ClN3O2S. The number of ether oxygens (including phenoxy) is 1. The Hall–Kier alpha value is -0.820. The molecule has 2 aliphatic heterocycles. The monoisotopic (exact) mass is 371 g/mol. The van der Waals surface area contributed by atoms with Crippen LogP contribution in [0.1, 0.15) is 36.7 Å². The van der Waals surface area contributed by atoms with Gasteiger partial charge in [-0.15, -0.1) is 11.3 Å². The number of nitrogens with zero attached hydrogens (tertiary/aromatic N) is 2. The summed E-state index contributed by atoms with van der Waals surface area (Å²) in [5.74, 6) is 0.862. The number of hydrogen-bond acceptors (Lipinski definition) is 4. The first-order valence-corrected chi connectivity index (χ1v) is 9.78. The van der Waals surface area contributed by atoms with Gasteiger partial charge < -0.3 is 20.1 Å². The van der Waals surface area contributed by atoms with Crippen molar-refractivity contribution in [3.05, 3.63) is 21.3 Å². The third kappa shape index (κ3) is 4.23. The lowest BCUT2D eigenvalue weighted by Crippen LogP contribution is -2.53. The van der Waals surface area contributed by atoms with Crippen LogP contribution in [0, 0.1) is 5.41 Å². The predicted octanol–water partition coefficient (Wildman–Crippen LogP) is 2.90. The van der Waals surface area contributed by atoms with E-state index in [-0.39, 0.29) is 5.41 Å². The molecule has 1 aromatic rings. The zero-order valence-electron chi connectivity index (χ0n) is 14.1. The zero-order valence-corrected chi connectivity index (χ0v) is 15.7. The number of thiophene rings is 1. The smallest absolute Gasteiger partial charge is 0.193 e. The molecule has 5 nitrogen and oxygen atoms in total. The quantitative estimate of drug-likeness (QED) is 0.633. The van der Waals surface area contributed by atoms with Crippen LogP contribution in [0.2, 0.25) is 4.34 Å². The summed E-state index contributed by atoms with van der Waals surface area (Å²) in [5.41, 5.74) is 0.272. The fourth-order valence-corrected chi connectivity index (χ4v) is 4.80. The van der Waals surface area contributed by atoms with Gasteiger partial charge in [0.15, 0.2) is 5.96 Å². The van der Waals surface area contributed by atoms with Gasteiger partial charge in [-0.3, -0.25) is 4.99 Å². The molecule has 2 fully saturated rings. The molecule has 0 aromatic carbocycles. The average molecular weight is 372 g/mol. The Balaban J connectivity index is 1.57. The van der Waals surface area contributed by atoms with Gasteiger partial charge in [-0.2, -0.15) is 0 Å². The standard InChI is InChI=1S/C17H26ClN3O2S/c1-19-16(20-10-13(22)14-4-5-15(18)24-14)21-8-2-6-17(11-21)7-3-9-23-12-17/h4-5,13,22H,2-3,6-12H2,1H3,(H,19,20). The Labute approximate surface area is 152 Å². The maximum absolute atomic E-state index is 10.3. The average Bonchev–Trinajstić information content (AvgIpc) is 3.03. The van der Waals surface area contributed by atoms with Crippen LogP contribution in [0.4, 0.5) is 0 Å². The van der Waals surface area contributed by atoms with Crippen LogP contribution in [0.5, 0.6) is 0 Å². The van der Waals surface area contributed by atoms with E-state index in [2.05, 4.69) is 15.2 Å². The Kier molecular flexibility index (Phi) is 6.02. The fourth-order valence-electron chi connectivity index (χ4n) is 3.75. The SMILES string of the molecule is CN=C(NCC(O)c1ccc(Cl)s1)N1CCCC2(CCCOC2)C1. The van der Waals surface area contributed by atoms with Gasteiger partial charge >= 0.3 is 0 Å². The zero-order chi connectivity index (χ0) is 17.0. The molecule has 1 spiro atoms. The van der Waals surface area contributed by atoms with Crippen LogP contribution >= 0.6 is 22.9 Å². The maximum Gasteiger partial charge on any atom is 0.193 e. The molecule has 0 radical (unpaired) electrons. The molecule has 0 bridgehead atoms. The Morgan fingerprint density at radius 2 is 2.33 bits per heavy atom. The van der Waals surface area contributed by atoms with E-state index in [4.69, 9.17) is 16.3 Å². The highest BCUT2D eigenvalue weighted by atomic mass is 35.5. The van der Waals surface area contributed by atoms with E-state index in [1.54, 1.807) is 7.05 Å². The molecule has 3 rings (SSSR count). The lowest BCUT2D eigenvalue weighted by Gasteiger charge is -2.45. The van der Waals surface area contributed by atoms with Gasteiger partial charge in [0, 0.05) is 43.6 Å². The number of aliphatic hydroxyl groups is 1. The number of hydrogen-bond donors (Lipinski definition) is 2. The van der Waals surface area contributed by atoms with Gasteiger partial charge in [-0.05, 0) is 37.8 Å². The second-order valence-electron chi connectivity index (χ2n) is 6.77. The fraction of sp³-hybridized carbons (Fsp3) is 0.706. The van der Waals surface area contributed by atoms with Gasteiger partial charge in [-0.25, -0.2) is 0 Å². The summed E-state index contributed by atoms with van der Waals surface area (Å²) in [6.07, 6.45) is 4.20. The van der Waals surface area contributed by atoms with Gasteiger partial charge in [0.25, 0.3) is 0 Å². The first-order chi connectivity index (χ1) is 11.6. The third-order valence-corrected chi connectivity index (χ3v) is 6.29. The minimum atomic E-state index is -0.573. The highest BCUT2D eigenvalue weighted by Gasteiger charge is 2.38. The molecule has 24 heavy (non-hydrogen) atoms. The van der Waals surface area contributed by atoms with Crippen molar-refractivity contribution < 1.29 is 9.84 Å². The molecule has 7 heteroatoms. The number of aliphatic hydroxyl groups excluding tert-OH is 1. The molecular weight excluding hydrogens is 346 g/mol. The van der Waals surface area contributed by atoms with E-state index in [0.29, 0.717) is 10.9 Å². The molecule has 1 aromatic heterocycles. The molecule has 0 saturated carbocycles. The summed E-state index contributed by atoms with van der Waals surface area (Å²) in [5, 5.41) is 13.6. The second-order valence-corrected chi connectivity index (χ2v) is 8.51. The van der Waals surface area contributed by atoms with Crippen molar-refractivity contribution >= 4 is 28.9 Å². The van der Waals surface area contributed by atoms with E-state index in [1.165, 1.54) is 24.2 Å². The molecule has 2 atom stereocenters. The van der Waals surface area contributed by atoms with Gasteiger partial charge in [0.2, 0.25) is 0 Å². The van der Waals surface area contributed by atoms with Crippen LogP contribution in [0.15, 0.2) is 17.1 Å². The second kappa shape index (κ2) is 8.04. The first-order valence-electron chi connectivity index (χ1n) is 8.59. The van der Waals surface area contributed by atoms with Gasteiger partial charge in [-0.1, -0.05) is 11.6 Å². The Morgan fingerprint density at radius 1 is 1.50 bits per heavy atom. The van der Waals surface area contributed by atoms with E-state index in [9.17, 15) is 5.11 Å². The first kappa shape index (κ1) is 18.0. The number of aliphatic imine (C=N–C) groups is 1. The largest absolute Gasteiger partial charge is 0.386 e. The van der Waals surface area contributed by atoms with E-state index >= 15 is 0 Å². The molecule has 2 aliphatic rings. The van der Waals surface area contributed by atoms with E-state index in [0.717, 1.165) is 50.0 Å². The number of piperidine rings is 1. The van der Waals surface area contributed by atoms with Gasteiger partial charge in [0.1, 0.15) is 6.10 Å². The van der Waals surface area contributed by atoms with Crippen LogP contribution in [0.25, 0.3) is 0 Å². The number of guanidine groups is 1. The highest BCUT2D eigenvalue weighted by Crippen LogP contribution is 2.37. The summed E-state index contributed by atoms with van der Waals surface area (Å²) in [7, 11) is 1.80. The molecule has 2 unspecified atom stereocenters. The Bertz CT molecular complexity index is 566. The van der Waals surface area contributed by atoms with Crippen LogP contribution in [-0.2, 0) is 4.74 Å². The lowest BCUT2D eigenvalue weighted by atomic mass is 9.76. The minimum absolute atomic E-state index is 0.272. The number of nitrogens with one attached hydrogen (secondary N) is 1. The highest BCUT2D eigenvalue weighted by molar-refractivity contribution is 7.16. The van der Waals surface area contributed by atoms with Gasteiger partial charge in [0.05, 0.1) is 10.9 Å². The van der Waals surface area contributed by atoms with Crippen molar-refractivity contribution in [2.75, 3.05) is 39.9 Å². The maximum atomic E-state index is 10.3. The number of halogens is 1.